The predicted octanol–water partition coefficient (Wildman–Crippen LogP) is 3.95. The molecule has 0 aliphatic heterocycles. The highest BCUT2D eigenvalue weighted by Gasteiger charge is 2.02. The van der Waals surface area contributed by atoms with E-state index < -0.39 is 0 Å². The van der Waals surface area contributed by atoms with Crippen molar-refractivity contribution >= 4 is 29.1 Å². The van der Waals surface area contributed by atoms with E-state index in [1.54, 1.807) is 23.9 Å². The molecule has 0 aliphatic rings. The number of hydrogen-bond acceptors (Lipinski definition) is 3. The molecule has 84 valence electrons. The van der Waals surface area contributed by atoms with E-state index in [2.05, 4.69) is 6.07 Å². The third-order valence-corrected chi connectivity index (χ3v) is 3.50. The molecule has 0 aromatic heterocycles. The summed E-state index contributed by atoms with van der Waals surface area (Å²) in [6.45, 7) is 0. The molecule has 4 heteroatoms. The fourth-order valence-corrected chi connectivity index (χ4v) is 2.34. The fraction of sp³-hybridized carbons (Fsp3) is 0. The summed E-state index contributed by atoms with van der Waals surface area (Å²) in [4.78, 5) is 2.06. The van der Waals surface area contributed by atoms with Crippen LogP contribution < -0.4 is 5.73 Å². The van der Waals surface area contributed by atoms with Crippen LogP contribution in [0.3, 0.4) is 0 Å². The molecule has 0 unspecified atom stereocenters. The third-order valence-electron chi connectivity index (χ3n) is 2.17. The first kappa shape index (κ1) is 11.8. The molecule has 0 aliphatic carbocycles. The molecule has 2 aromatic carbocycles. The average Bonchev–Trinajstić information content (AvgIpc) is 2.34. The molecule has 0 atom stereocenters. The number of anilines is 1. The summed E-state index contributed by atoms with van der Waals surface area (Å²) in [5, 5.41) is 9.37. The number of nitrogens with two attached hydrogens (primary N) is 1. The zero-order valence-electron chi connectivity index (χ0n) is 8.85. The van der Waals surface area contributed by atoms with Crippen molar-refractivity contribution in [1.29, 1.82) is 5.26 Å². The Morgan fingerprint density at radius 2 is 1.71 bits per heavy atom. The van der Waals surface area contributed by atoms with Gasteiger partial charge in [-0.1, -0.05) is 23.4 Å². The van der Waals surface area contributed by atoms with Crippen molar-refractivity contribution in [3.8, 4) is 6.07 Å². The van der Waals surface area contributed by atoms with Crippen LogP contribution in [0.25, 0.3) is 0 Å². The highest BCUT2D eigenvalue weighted by molar-refractivity contribution is 7.99. The van der Waals surface area contributed by atoms with Crippen LogP contribution in [0, 0.1) is 11.3 Å². The van der Waals surface area contributed by atoms with E-state index in [4.69, 9.17) is 22.6 Å². The van der Waals surface area contributed by atoms with E-state index in [-0.39, 0.29) is 0 Å². The Morgan fingerprint density at radius 3 is 2.35 bits per heavy atom. The Bertz CT molecular complexity index is 573. The van der Waals surface area contributed by atoms with Gasteiger partial charge in [0.15, 0.2) is 0 Å². The van der Waals surface area contributed by atoms with Gasteiger partial charge in [-0.3, -0.25) is 0 Å². The molecule has 0 heterocycles. The molecule has 17 heavy (non-hydrogen) atoms. The second-order valence-corrected chi connectivity index (χ2v) is 4.98. The molecule has 2 rings (SSSR count). The van der Waals surface area contributed by atoms with E-state index >= 15 is 0 Å². The molecule has 2 N–H and O–H groups in total. The Morgan fingerprint density at radius 1 is 1.06 bits per heavy atom. The van der Waals surface area contributed by atoms with Gasteiger partial charge in [0.2, 0.25) is 0 Å². The van der Waals surface area contributed by atoms with E-state index in [1.165, 1.54) is 0 Å². The zero-order valence-corrected chi connectivity index (χ0v) is 10.4. The first-order chi connectivity index (χ1) is 8.19. The first-order valence-electron chi connectivity index (χ1n) is 4.92. The van der Waals surface area contributed by atoms with Crippen molar-refractivity contribution in [3.63, 3.8) is 0 Å². The van der Waals surface area contributed by atoms with Crippen molar-refractivity contribution < 1.29 is 0 Å². The summed E-state index contributed by atoms with van der Waals surface area (Å²) in [6, 6.07) is 15.1. The number of hydrogen-bond donors (Lipinski definition) is 1. The average molecular weight is 261 g/mol. The van der Waals surface area contributed by atoms with Crippen LogP contribution in [-0.4, -0.2) is 0 Å². The zero-order chi connectivity index (χ0) is 12.3. The van der Waals surface area contributed by atoms with Crippen LogP contribution in [0.15, 0.2) is 52.3 Å². The summed E-state index contributed by atoms with van der Waals surface area (Å²) in [7, 11) is 0. The van der Waals surface area contributed by atoms with Gasteiger partial charge in [0, 0.05) is 15.5 Å². The monoisotopic (exact) mass is 260 g/mol. The van der Waals surface area contributed by atoms with E-state index in [1.807, 2.05) is 30.3 Å². The van der Waals surface area contributed by atoms with Gasteiger partial charge < -0.3 is 5.73 Å². The van der Waals surface area contributed by atoms with Crippen LogP contribution in [0.2, 0.25) is 5.02 Å². The highest BCUT2D eigenvalue weighted by atomic mass is 35.5. The van der Waals surface area contributed by atoms with Crippen molar-refractivity contribution in [2.75, 3.05) is 5.73 Å². The number of nitriles is 1. The Balaban J connectivity index is 2.25. The van der Waals surface area contributed by atoms with Crippen LogP contribution in [0.5, 0.6) is 0 Å². The van der Waals surface area contributed by atoms with Crippen molar-refractivity contribution in [2.24, 2.45) is 0 Å². The minimum absolute atomic E-state index is 0.481. The molecule has 0 fully saturated rings. The Hall–Kier alpha value is -1.63. The molecular formula is C13H9ClN2S. The van der Waals surface area contributed by atoms with Gasteiger partial charge in [0.05, 0.1) is 10.6 Å². The maximum absolute atomic E-state index is 8.89. The molecule has 2 nitrogen and oxygen atoms in total. The molecule has 0 saturated carbocycles. The lowest BCUT2D eigenvalue weighted by molar-refractivity contribution is 1.38. The molecule has 0 saturated heterocycles. The first-order valence-corrected chi connectivity index (χ1v) is 6.11. The highest BCUT2D eigenvalue weighted by Crippen LogP contribution is 2.30. The van der Waals surface area contributed by atoms with Gasteiger partial charge in [-0.2, -0.15) is 5.26 Å². The number of nitrogens with zero attached hydrogens (tertiary/aromatic N) is 1. The predicted molar refractivity (Wildman–Crippen MR) is 71.1 cm³/mol. The molecule has 0 bridgehead atoms. The quantitative estimate of drug-likeness (QED) is 0.832. The van der Waals surface area contributed by atoms with E-state index in [0.29, 0.717) is 10.6 Å². The molecule has 2 aromatic rings. The lowest BCUT2D eigenvalue weighted by Gasteiger charge is -2.03. The minimum atomic E-state index is 0.481. The fourth-order valence-electron chi connectivity index (χ4n) is 1.33. The number of nitrogen functional groups attached to an aromatic ring is 1. The van der Waals surface area contributed by atoms with Crippen LogP contribution in [0.1, 0.15) is 5.56 Å². The van der Waals surface area contributed by atoms with Gasteiger partial charge in [0.1, 0.15) is 6.07 Å². The van der Waals surface area contributed by atoms with Gasteiger partial charge in [0.25, 0.3) is 0 Å². The summed E-state index contributed by atoms with van der Waals surface area (Å²) in [6.07, 6.45) is 0. The van der Waals surface area contributed by atoms with Crippen molar-refractivity contribution in [2.45, 2.75) is 9.79 Å². The number of rotatable bonds is 2. The van der Waals surface area contributed by atoms with Crippen molar-refractivity contribution in [3.05, 3.63) is 53.1 Å². The second-order valence-electron chi connectivity index (χ2n) is 3.42. The largest absolute Gasteiger partial charge is 0.399 e. The molecular weight excluding hydrogens is 252 g/mol. The number of benzene rings is 2. The lowest BCUT2D eigenvalue weighted by Crippen LogP contribution is -1.83. The van der Waals surface area contributed by atoms with E-state index in [0.717, 1.165) is 15.5 Å². The molecule has 0 amide bonds. The Labute approximate surface area is 109 Å². The Kier molecular flexibility index (Phi) is 3.58. The summed E-state index contributed by atoms with van der Waals surface area (Å²) < 4.78 is 0. The van der Waals surface area contributed by atoms with Crippen molar-refractivity contribution in [1.82, 2.24) is 0 Å². The normalized spacial score (nSPS) is 9.88. The van der Waals surface area contributed by atoms with Gasteiger partial charge >= 0.3 is 0 Å². The van der Waals surface area contributed by atoms with Gasteiger partial charge in [-0.15, -0.1) is 0 Å². The second kappa shape index (κ2) is 5.13. The SMILES string of the molecule is N#Cc1cc(Sc2ccc(N)cc2)ccc1Cl. The van der Waals surface area contributed by atoms with Gasteiger partial charge in [-0.25, -0.2) is 0 Å². The third kappa shape index (κ3) is 2.94. The standard InChI is InChI=1S/C13H9ClN2S/c14-13-6-5-12(7-9(13)8-15)17-11-3-1-10(16)2-4-11/h1-7H,16H2. The maximum atomic E-state index is 8.89. The van der Waals surface area contributed by atoms with Crippen LogP contribution in [-0.2, 0) is 0 Å². The smallest absolute Gasteiger partial charge is 0.101 e. The van der Waals surface area contributed by atoms with E-state index in [9.17, 15) is 0 Å². The molecule has 0 spiro atoms. The summed E-state index contributed by atoms with van der Waals surface area (Å²) >= 11 is 7.44. The van der Waals surface area contributed by atoms with Crippen LogP contribution in [0.4, 0.5) is 5.69 Å². The lowest BCUT2D eigenvalue weighted by atomic mass is 10.2. The maximum Gasteiger partial charge on any atom is 0.101 e. The molecule has 0 radical (unpaired) electrons. The minimum Gasteiger partial charge on any atom is -0.399 e. The van der Waals surface area contributed by atoms with Gasteiger partial charge in [-0.05, 0) is 42.5 Å². The summed E-state index contributed by atoms with van der Waals surface area (Å²) in [5.74, 6) is 0. The topological polar surface area (TPSA) is 49.8 Å². The van der Waals surface area contributed by atoms with Crippen LogP contribution >= 0.6 is 23.4 Å². The number of halogens is 1. The summed E-state index contributed by atoms with van der Waals surface area (Å²) in [5.41, 5.74) is 6.85.